The van der Waals surface area contributed by atoms with Crippen molar-refractivity contribution in [2.24, 2.45) is 5.73 Å². The number of benzene rings is 2. The molecule has 0 bridgehead atoms. The molecule has 0 aliphatic carbocycles. The molecule has 3 aromatic rings. The molecular weight excluding hydrogens is 400 g/mol. The normalized spacial score (nSPS) is 11.6. The van der Waals surface area contributed by atoms with Crippen molar-refractivity contribution in [3.63, 3.8) is 0 Å². The van der Waals surface area contributed by atoms with Crippen LogP contribution >= 0.6 is 11.8 Å². The van der Waals surface area contributed by atoms with Crippen molar-refractivity contribution in [2.45, 2.75) is 25.9 Å². The van der Waals surface area contributed by atoms with E-state index in [-0.39, 0.29) is 18.2 Å². The number of nitrogens with zero attached hydrogens (tertiary/aromatic N) is 2. The number of carbonyl (C=O) groups excluding carboxylic acids is 2. The molecule has 7 heteroatoms. The fourth-order valence-corrected chi connectivity index (χ4v) is 3.15. The summed E-state index contributed by atoms with van der Waals surface area (Å²) in [7, 11) is 0. The molecule has 0 aliphatic rings. The SMILES string of the molecule is Cc1ccccc1CN(Cl)C(=O)CC(N)c1ccc(C(=O)Nc2ccncc2)cc1. The van der Waals surface area contributed by atoms with Crippen LogP contribution in [0.2, 0.25) is 0 Å². The van der Waals surface area contributed by atoms with Crippen LogP contribution in [0, 0.1) is 6.92 Å². The van der Waals surface area contributed by atoms with E-state index in [1.165, 1.54) is 4.42 Å². The molecule has 1 unspecified atom stereocenters. The molecule has 0 saturated carbocycles. The third-order valence-corrected chi connectivity index (χ3v) is 5.08. The number of nitrogens with two attached hydrogens (primary N) is 1. The van der Waals surface area contributed by atoms with Gasteiger partial charge in [0.05, 0.1) is 6.54 Å². The number of carbonyl (C=O) groups is 2. The van der Waals surface area contributed by atoms with Gasteiger partial charge in [-0.3, -0.25) is 19.0 Å². The molecule has 3 N–H and O–H groups in total. The van der Waals surface area contributed by atoms with Gasteiger partial charge < -0.3 is 11.1 Å². The van der Waals surface area contributed by atoms with E-state index < -0.39 is 6.04 Å². The van der Waals surface area contributed by atoms with Gasteiger partial charge in [-0.25, -0.2) is 0 Å². The Balaban J connectivity index is 1.57. The molecule has 2 amide bonds. The van der Waals surface area contributed by atoms with E-state index in [1.807, 2.05) is 31.2 Å². The van der Waals surface area contributed by atoms with Gasteiger partial charge in [-0.2, -0.15) is 0 Å². The van der Waals surface area contributed by atoms with E-state index in [2.05, 4.69) is 10.3 Å². The number of hydrogen-bond acceptors (Lipinski definition) is 4. The van der Waals surface area contributed by atoms with Crippen LogP contribution in [0.1, 0.15) is 39.5 Å². The smallest absolute Gasteiger partial charge is 0.255 e. The lowest BCUT2D eigenvalue weighted by atomic mass is 10.0. The Morgan fingerprint density at radius 1 is 1.07 bits per heavy atom. The van der Waals surface area contributed by atoms with Crippen LogP contribution in [-0.4, -0.2) is 21.2 Å². The van der Waals surface area contributed by atoms with E-state index >= 15 is 0 Å². The van der Waals surface area contributed by atoms with Crippen molar-refractivity contribution in [3.8, 4) is 0 Å². The summed E-state index contributed by atoms with van der Waals surface area (Å²) < 4.78 is 1.17. The number of nitrogens with one attached hydrogen (secondary N) is 1. The first-order chi connectivity index (χ1) is 14.4. The van der Waals surface area contributed by atoms with Crippen molar-refractivity contribution in [3.05, 3.63) is 95.3 Å². The number of anilines is 1. The van der Waals surface area contributed by atoms with E-state index in [4.69, 9.17) is 17.5 Å². The number of amides is 2. The zero-order chi connectivity index (χ0) is 21.5. The maximum atomic E-state index is 12.5. The average Bonchev–Trinajstić information content (AvgIpc) is 2.76. The highest BCUT2D eigenvalue weighted by molar-refractivity contribution is 6.21. The van der Waals surface area contributed by atoms with Crippen LogP contribution in [0.3, 0.4) is 0 Å². The monoisotopic (exact) mass is 422 g/mol. The summed E-state index contributed by atoms with van der Waals surface area (Å²) in [5.74, 6) is -0.491. The Morgan fingerprint density at radius 2 is 1.73 bits per heavy atom. The number of halogens is 1. The first kappa shape index (κ1) is 21.5. The van der Waals surface area contributed by atoms with Gasteiger partial charge in [-0.1, -0.05) is 36.4 Å². The average molecular weight is 423 g/mol. The zero-order valence-electron chi connectivity index (χ0n) is 16.6. The highest BCUT2D eigenvalue weighted by Crippen LogP contribution is 2.19. The van der Waals surface area contributed by atoms with Crippen molar-refractivity contribution in [1.82, 2.24) is 9.40 Å². The summed E-state index contributed by atoms with van der Waals surface area (Å²) in [6.07, 6.45) is 3.28. The van der Waals surface area contributed by atoms with E-state index in [1.54, 1.807) is 48.8 Å². The predicted molar refractivity (Wildman–Crippen MR) is 118 cm³/mol. The maximum absolute atomic E-state index is 12.5. The Kier molecular flexibility index (Phi) is 7.17. The van der Waals surface area contributed by atoms with Crippen molar-refractivity contribution in [2.75, 3.05) is 5.32 Å². The van der Waals surface area contributed by atoms with Crippen LogP contribution in [0.15, 0.2) is 73.1 Å². The van der Waals surface area contributed by atoms with Crippen molar-refractivity contribution < 1.29 is 9.59 Å². The summed E-state index contributed by atoms with van der Waals surface area (Å²) in [4.78, 5) is 28.7. The summed E-state index contributed by atoms with van der Waals surface area (Å²) in [6.45, 7) is 2.29. The Bertz CT molecular complexity index is 1010. The minimum absolute atomic E-state index is 0.0674. The number of aromatic nitrogens is 1. The molecule has 0 aliphatic heterocycles. The Morgan fingerprint density at radius 3 is 2.40 bits per heavy atom. The van der Waals surface area contributed by atoms with Gasteiger partial charge in [-0.15, -0.1) is 0 Å². The highest BCUT2D eigenvalue weighted by atomic mass is 35.5. The third kappa shape index (κ3) is 5.65. The lowest BCUT2D eigenvalue weighted by molar-refractivity contribution is -0.127. The summed E-state index contributed by atoms with van der Waals surface area (Å²) in [5.41, 5.74) is 10.2. The minimum atomic E-state index is -0.520. The molecule has 2 aromatic carbocycles. The second-order valence-electron chi connectivity index (χ2n) is 6.96. The molecule has 0 saturated heterocycles. The molecule has 154 valence electrons. The summed E-state index contributed by atoms with van der Waals surface area (Å²) in [6, 6.07) is 17.5. The standard InChI is InChI=1S/C23H23ClN4O2/c1-16-4-2-3-5-19(16)15-28(24)22(29)14-21(25)17-6-8-18(9-7-17)23(30)27-20-10-12-26-13-11-20/h2-13,21H,14-15,25H2,1H3,(H,26,27,30). The number of hydrogen-bond donors (Lipinski definition) is 2. The van der Waals surface area contributed by atoms with E-state index in [9.17, 15) is 9.59 Å². The second kappa shape index (κ2) is 10.0. The zero-order valence-corrected chi connectivity index (χ0v) is 17.3. The van der Waals surface area contributed by atoms with Crippen LogP contribution in [0.4, 0.5) is 5.69 Å². The number of pyridine rings is 1. The van der Waals surface area contributed by atoms with Crippen molar-refractivity contribution in [1.29, 1.82) is 0 Å². The molecular formula is C23H23ClN4O2. The summed E-state index contributed by atoms with van der Waals surface area (Å²) >= 11 is 6.18. The number of rotatable bonds is 7. The van der Waals surface area contributed by atoms with Gasteiger partial charge >= 0.3 is 0 Å². The van der Waals surface area contributed by atoms with Gasteiger partial charge in [0.15, 0.2) is 0 Å². The van der Waals surface area contributed by atoms with E-state index in [0.29, 0.717) is 17.8 Å². The number of aryl methyl sites for hydroxylation is 1. The molecule has 3 rings (SSSR count). The quantitative estimate of drug-likeness (QED) is 0.558. The molecule has 6 nitrogen and oxygen atoms in total. The van der Waals surface area contributed by atoms with Gasteiger partial charge in [-0.05, 0) is 47.9 Å². The Labute approximate surface area is 180 Å². The second-order valence-corrected chi connectivity index (χ2v) is 7.37. The highest BCUT2D eigenvalue weighted by Gasteiger charge is 2.18. The molecule has 0 fully saturated rings. The van der Waals surface area contributed by atoms with Gasteiger partial charge in [0.25, 0.3) is 5.91 Å². The van der Waals surface area contributed by atoms with Crippen molar-refractivity contribution >= 4 is 29.3 Å². The largest absolute Gasteiger partial charge is 0.324 e. The van der Waals surface area contributed by atoms with Crippen LogP contribution in [0.5, 0.6) is 0 Å². The molecule has 0 radical (unpaired) electrons. The fraction of sp³-hybridized carbons (Fsp3) is 0.174. The van der Waals surface area contributed by atoms with Crippen LogP contribution in [0.25, 0.3) is 0 Å². The Hall–Kier alpha value is -3.22. The van der Waals surface area contributed by atoms with Gasteiger partial charge in [0.1, 0.15) is 0 Å². The van der Waals surface area contributed by atoms with Gasteiger partial charge in [0.2, 0.25) is 5.91 Å². The third-order valence-electron chi connectivity index (χ3n) is 4.77. The van der Waals surface area contributed by atoms with Gasteiger partial charge in [0, 0.05) is 47.9 Å². The first-order valence-corrected chi connectivity index (χ1v) is 9.85. The topological polar surface area (TPSA) is 88.3 Å². The maximum Gasteiger partial charge on any atom is 0.255 e. The van der Waals surface area contributed by atoms with Crippen LogP contribution in [-0.2, 0) is 11.3 Å². The van der Waals surface area contributed by atoms with E-state index in [0.717, 1.165) is 16.7 Å². The van der Waals surface area contributed by atoms with Crippen LogP contribution < -0.4 is 11.1 Å². The first-order valence-electron chi connectivity index (χ1n) is 9.51. The fourth-order valence-electron chi connectivity index (χ4n) is 2.95. The predicted octanol–water partition coefficient (Wildman–Crippen LogP) is 4.21. The molecule has 30 heavy (non-hydrogen) atoms. The molecule has 1 heterocycles. The minimum Gasteiger partial charge on any atom is -0.324 e. The lowest BCUT2D eigenvalue weighted by Crippen LogP contribution is -2.26. The molecule has 0 spiro atoms. The lowest BCUT2D eigenvalue weighted by Gasteiger charge is -2.18. The molecule has 1 aromatic heterocycles. The molecule has 1 atom stereocenters. The summed E-state index contributed by atoms with van der Waals surface area (Å²) in [5, 5.41) is 2.79.